The number of aromatic nitrogens is 6. The third-order valence-electron chi connectivity index (χ3n) is 18.1. The summed E-state index contributed by atoms with van der Waals surface area (Å²) < 4.78 is 9.93. The lowest BCUT2D eigenvalue weighted by Gasteiger charge is -2.27. The van der Waals surface area contributed by atoms with Crippen LogP contribution in [0.25, 0.3) is 166 Å². The molecule has 0 aliphatic rings. The number of hydrogen-bond donors (Lipinski definition) is 0. The molecule has 6 nitrogen and oxygen atoms in total. The first kappa shape index (κ1) is 49.6. The van der Waals surface area contributed by atoms with E-state index in [2.05, 4.69) is 322 Å². The monoisotopic (exact) mass is 1120 g/mol. The van der Waals surface area contributed by atoms with Crippen molar-refractivity contribution in [3.8, 4) is 78.6 Å². The highest BCUT2D eigenvalue weighted by Crippen LogP contribution is 2.50. The first-order valence-electron chi connectivity index (χ1n) is 30.0. The summed E-state index contributed by atoms with van der Waals surface area (Å²) in [5.74, 6) is 1.55. The SMILES string of the molecule is c1ccc(-c2ccc3c(c2)c2cc(-c4ccccc4)ccc2n3-c2nc(-n3c4ccccc4c4ccccc43)c(-n3c4ccccc4c4ccccc43)c(-c3ccncc3)c2-n2c3ccc(-c4ccccc4)cc3c3cc(-c4ccccc4)ccc32)cc1. The lowest BCUT2D eigenvalue weighted by Crippen LogP contribution is -2.16. The van der Waals surface area contributed by atoms with Crippen molar-refractivity contribution in [1.82, 2.24) is 28.2 Å². The topological polar surface area (TPSA) is 45.5 Å². The maximum Gasteiger partial charge on any atom is 0.165 e. The highest BCUT2D eigenvalue weighted by molar-refractivity contribution is 6.17. The fraction of sp³-hybridized carbons (Fsp3) is 0. The van der Waals surface area contributed by atoms with Crippen LogP contribution in [0.2, 0.25) is 0 Å². The molecule has 0 aliphatic heterocycles. The summed E-state index contributed by atoms with van der Waals surface area (Å²) in [7, 11) is 0. The van der Waals surface area contributed by atoms with Crippen molar-refractivity contribution in [2.45, 2.75) is 0 Å². The third-order valence-corrected chi connectivity index (χ3v) is 18.1. The molecule has 0 amide bonds. The predicted molar refractivity (Wildman–Crippen MR) is 367 cm³/mol. The van der Waals surface area contributed by atoms with Gasteiger partial charge >= 0.3 is 0 Å². The summed E-state index contributed by atoms with van der Waals surface area (Å²) in [6, 6.07) is 111. The van der Waals surface area contributed by atoms with Crippen LogP contribution in [0.3, 0.4) is 0 Å². The second-order valence-electron chi connectivity index (χ2n) is 22.9. The van der Waals surface area contributed by atoms with Gasteiger partial charge in [0.25, 0.3) is 0 Å². The van der Waals surface area contributed by atoms with Gasteiger partial charge in [-0.1, -0.05) is 218 Å². The Labute approximate surface area is 507 Å². The summed E-state index contributed by atoms with van der Waals surface area (Å²) >= 11 is 0. The van der Waals surface area contributed by atoms with Crippen LogP contribution in [0.1, 0.15) is 0 Å². The summed E-state index contributed by atoms with van der Waals surface area (Å²) in [5, 5.41) is 9.12. The Morgan fingerprint density at radius 2 is 0.455 bits per heavy atom. The van der Waals surface area contributed by atoms with Crippen molar-refractivity contribution < 1.29 is 0 Å². The smallest absolute Gasteiger partial charge is 0.165 e. The molecule has 0 N–H and O–H groups in total. The maximum absolute atomic E-state index is 6.54. The van der Waals surface area contributed by atoms with Crippen LogP contribution in [0, 0.1) is 0 Å². The fourth-order valence-electron chi connectivity index (χ4n) is 14.1. The van der Waals surface area contributed by atoms with Gasteiger partial charge in [0.1, 0.15) is 11.4 Å². The summed E-state index contributed by atoms with van der Waals surface area (Å²) in [4.78, 5) is 11.3. The Hall–Kier alpha value is -11.9. The van der Waals surface area contributed by atoms with Gasteiger partial charge in [-0.2, -0.15) is 0 Å². The predicted octanol–water partition coefficient (Wildman–Crippen LogP) is 21.2. The molecular formula is C82H52N6. The fourth-order valence-corrected chi connectivity index (χ4v) is 14.1. The number of pyridine rings is 2. The average molecular weight is 1120 g/mol. The van der Waals surface area contributed by atoms with E-state index in [1.807, 2.05) is 12.4 Å². The van der Waals surface area contributed by atoms with E-state index in [0.717, 1.165) is 166 Å². The number of nitrogens with zero attached hydrogens (tertiary/aromatic N) is 6. The zero-order valence-electron chi connectivity index (χ0n) is 47.7. The van der Waals surface area contributed by atoms with Crippen molar-refractivity contribution in [3.63, 3.8) is 0 Å². The molecular weight excluding hydrogens is 1070 g/mol. The lowest BCUT2D eigenvalue weighted by molar-refractivity contribution is 0.961. The number of hydrogen-bond acceptors (Lipinski definition) is 2. The Kier molecular flexibility index (Phi) is 11.2. The first-order chi connectivity index (χ1) is 43.7. The Balaban J connectivity index is 1.10. The van der Waals surface area contributed by atoms with Gasteiger partial charge in [0.2, 0.25) is 0 Å². The van der Waals surface area contributed by atoms with Gasteiger partial charge in [-0.25, -0.2) is 4.98 Å². The van der Waals surface area contributed by atoms with E-state index in [0.29, 0.717) is 0 Å². The molecule has 88 heavy (non-hydrogen) atoms. The van der Waals surface area contributed by atoms with Gasteiger partial charge in [0, 0.05) is 61.0 Å². The summed E-state index contributed by atoms with van der Waals surface area (Å²) in [6.45, 7) is 0. The van der Waals surface area contributed by atoms with Crippen molar-refractivity contribution in [2.75, 3.05) is 0 Å². The Morgan fingerprint density at radius 1 is 0.193 bits per heavy atom. The van der Waals surface area contributed by atoms with Crippen molar-refractivity contribution in [3.05, 3.63) is 316 Å². The highest BCUT2D eigenvalue weighted by Gasteiger charge is 2.33. The number of para-hydroxylation sites is 4. The minimum absolute atomic E-state index is 0.770. The molecule has 18 aromatic rings. The summed E-state index contributed by atoms with van der Waals surface area (Å²) in [6.07, 6.45) is 3.88. The molecule has 0 unspecified atom stereocenters. The Morgan fingerprint density at radius 3 is 0.773 bits per heavy atom. The molecule has 6 aromatic heterocycles. The van der Waals surface area contributed by atoms with Crippen molar-refractivity contribution >= 4 is 87.2 Å². The first-order valence-corrected chi connectivity index (χ1v) is 30.0. The normalized spacial score (nSPS) is 11.9. The third kappa shape index (κ3) is 7.62. The molecule has 0 atom stereocenters. The zero-order valence-corrected chi connectivity index (χ0v) is 47.7. The molecule has 410 valence electrons. The quantitative estimate of drug-likeness (QED) is 0.145. The highest BCUT2D eigenvalue weighted by atomic mass is 15.2. The van der Waals surface area contributed by atoms with E-state index >= 15 is 0 Å². The number of fused-ring (bicyclic) bond motifs is 12. The van der Waals surface area contributed by atoms with Crippen LogP contribution in [0.4, 0.5) is 0 Å². The van der Waals surface area contributed by atoms with Crippen LogP contribution in [0.5, 0.6) is 0 Å². The molecule has 0 radical (unpaired) electrons. The van der Waals surface area contributed by atoms with Crippen molar-refractivity contribution in [2.24, 2.45) is 0 Å². The van der Waals surface area contributed by atoms with Crippen LogP contribution >= 0.6 is 0 Å². The van der Waals surface area contributed by atoms with Crippen LogP contribution in [0.15, 0.2) is 316 Å². The van der Waals surface area contributed by atoms with Gasteiger partial charge in [0.05, 0.1) is 44.1 Å². The molecule has 6 heterocycles. The molecule has 0 spiro atoms. The van der Waals surface area contributed by atoms with Gasteiger partial charge in [0.15, 0.2) is 11.6 Å². The average Bonchev–Trinajstić information content (AvgIpc) is 1.55. The summed E-state index contributed by atoms with van der Waals surface area (Å²) in [5.41, 5.74) is 21.4. The largest absolute Gasteiger partial charge is 0.305 e. The van der Waals surface area contributed by atoms with Gasteiger partial charge in [-0.3, -0.25) is 14.1 Å². The molecule has 0 saturated heterocycles. The van der Waals surface area contributed by atoms with Crippen molar-refractivity contribution in [1.29, 1.82) is 0 Å². The van der Waals surface area contributed by atoms with E-state index in [4.69, 9.17) is 9.97 Å². The minimum atomic E-state index is 0.770. The van der Waals surface area contributed by atoms with Crippen LogP contribution in [-0.4, -0.2) is 28.2 Å². The molecule has 0 aliphatic carbocycles. The lowest BCUT2D eigenvalue weighted by atomic mass is 10.0. The van der Waals surface area contributed by atoms with Gasteiger partial charge in [-0.05, 0) is 135 Å². The second-order valence-corrected chi connectivity index (χ2v) is 22.9. The molecule has 6 heteroatoms. The van der Waals surface area contributed by atoms with E-state index < -0.39 is 0 Å². The number of benzene rings is 12. The molecule has 0 fully saturated rings. The van der Waals surface area contributed by atoms with E-state index in [-0.39, 0.29) is 0 Å². The zero-order chi connectivity index (χ0) is 57.8. The van der Waals surface area contributed by atoms with E-state index in [1.54, 1.807) is 0 Å². The number of rotatable bonds is 9. The molecule has 0 saturated carbocycles. The van der Waals surface area contributed by atoms with E-state index in [9.17, 15) is 0 Å². The van der Waals surface area contributed by atoms with Gasteiger partial charge in [-0.15, -0.1) is 0 Å². The Bertz CT molecular complexity index is 5480. The van der Waals surface area contributed by atoms with E-state index in [1.165, 1.54) is 0 Å². The maximum atomic E-state index is 6.54. The van der Waals surface area contributed by atoms with Crippen LogP contribution < -0.4 is 0 Å². The second kappa shape index (κ2) is 19.9. The van der Waals surface area contributed by atoms with Crippen LogP contribution in [-0.2, 0) is 0 Å². The minimum Gasteiger partial charge on any atom is -0.305 e. The molecule has 0 bridgehead atoms. The molecule has 12 aromatic carbocycles. The van der Waals surface area contributed by atoms with Gasteiger partial charge < -0.3 is 9.13 Å². The molecule has 18 rings (SSSR count). The standard InChI is InChI=1S/C82H52N6/c1-5-21-53(22-6-1)58-37-41-74-66(49-58)67-50-59(54-23-7-2-8-24-54)38-42-75(67)86(74)80-78(57-45-47-83-48-46-57)79(85-70-33-17-13-29-62(70)63-30-14-18-34-71(63)85)81(87-72-35-19-15-31-64(72)65-32-16-20-36-73(65)87)84-82(80)88-76-43-39-60(55-25-9-3-10-26-55)51-68(76)69-52-61(40-44-77(69)88)56-27-11-4-12-28-56/h1-52H.